The molecule has 1 heterocycles. The van der Waals surface area contributed by atoms with E-state index in [1.807, 2.05) is 45.0 Å². The van der Waals surface area contributed by atoms with Crippen LogP contribution in [0.4, 0.5) is 14.6 Å². The molecule has 0 bridgehead atoms. The van der Waals surface area contributed by atoms with Crippen molar-refractivity contribution in [2.45, 2.75) is 26.8 Å². The number of hydrogen-bond acceptors (Lipinski definition) is 2. The minimum Gasteiger partial charge on any atom is -0.333 e. The van der Waals surface area contributed by atoms with Crippen molar-refractivity contribution in [2.24, 2.45) is 0 Å². The van der Waals surface area contributed by atoms with Crippen LogP contribution in [0.5, 0.6) is 0 Å². The first-order valence-electron chi connectivity index (χ1n) is 9.05. The van der Waals surface area contributed by atoms with E-state index in [1.165, 1.54) is 6.07 Å². The normalized spacial score (nSPS) is 12.0. The molecule has 5 nitrogen and oxygen atoms in total. The van der Waals surface area contributed by atoms with Gasteiger partial charge in [0.1, 0.15) is 11.9 Å². The maximum Gasteiger partial charge on any atom is 0.280 e. The molecule has 7 heteroatoms. The van der Waals surface area contributed by atoms with Crippen LogP contribution in [0.3, 0.4) is 0 Å². The summed E-state index contributed by atoms with van der Waals surface area (Å²) < 4.78 is 28.1. The fraction of sp³-hybridized carbons (Fsp3) is 0.238. The second kappa shape index (κ2) is 8.31. The predicted molar refractivity (Wildman–Crippen MR) is 103 cm³/mol. The number of aryl methyl sites for hydroxylation is 2. The fourth-order valence-corrected chi connectivity index (χ4v) is 2.88. The average Bonchev–Trinajstić information content (AvgIpc) is 3.02. The van der Waals surface area contributed by atoms with E-state index in [4.69, 9.17) is 0 Å². The first-order valence-corrected chi connectivity index (χ1v) is 9.05. The molecule has 0 saturated heterocycles. The summed E-state index contributed by atoms with van der Waals surface area (Å²) in [6.45, 7) is 5.83. The van der Waals surface area contributed by atoms with E-state index in [1.54, 1.807) is 16.1 Å². The third-order valence-corrected chi connectivity index (χ3v) is 4.50. The molecule has 0 aliphatic carbocycles. The van der Waals surface area contributed by atoms with Crippen molar-refractivity contribution in [3.8, 4) is 5.69 Å². The van der Waals surface area contributed by atoms with Crippen molar-refractivity contribution in [2.75, 3.05) is 11.9 Å². The van der Waals surface area contributed by atoms with Crippen LogP contribution >= 0.6 is 0 Å². The van der Waals surface area contributed by atoms with Gasteiger partial charge in [-0.05, 0) is 51.1 Å². The summed E-state index contributed by atoms with van der Waals surface area (Å²) in [7, 11) is 0. The zero-order valence-corrected chi connectivity index (χ0v) is 16.0. The van der Waals surface area contributed by atoms with Gasteiger partial charge >= 0.3 is 0 Å². The van der Waals surface area contributed by atoms with E-state index in [-0.39, 0.29) is 18.5 Å². The van der Waals surface area contributed by atoms with E-state index in [0.717, 1.165) is 29.1 Å². The van der Waals surface area contributed by atoms with Gasteiger partial charge in [-0.2, -0.15) is 5.10 Å². The third kappa shape index (κ3) is 4.61. The second-order valence-corrected chi connectivity index (χ2v) is 6.87. The van der Waals surface area contributed by atoms with Crippen LogP contribution in [-0.4, -0.2) is 22.2 Å². The molecule has 1 atom stereocenters. The summed E-state index contributed by atoms with van der Waals surface area (Å²) in [4.78, 5) is 12.4. The zero-order chi connectivity index (χ0) is 20.3. The molecule has 0 aliphatic heterocycles. The van der Waals surface area contributed by atoms with Crippen LogP contribution in [0.25, 0.3) is 5.69 Å². The topological polar surface area (TPSA) is 63.5 Å². The largest absolute Gasteiger partial charge is 0.333 e. The smallest absolute Gasteiger partial charge is 0.280 e. The minimum absolute atomic E-state index is 0.137. The lowest BCUT2D eigenvalue weighted by Gasteiger charge is -2.12. The fourth-order valence-electron chi connectivity index (χ4n) is 2.88. The molecule has 3 rings (SSSR count). The van der Waals surface area contributed by atoms with Gasteiger partial charge in [-0.25, -0.2) is 13.5 Å². The highest BCUT2D eigenvalue weighted by Crippen LogP contribution is 2.17. The average molecular weight is 385 g/mol. The number of anilines is 1. The number of quaternary nitrogens is 1. The van der Waals surface area contributed by atoms with Gasteiger partial charge in [-0.3, -0.25) is 4.79 Å². The number of nitrogens with one attached hydrogen (secondary N) is 1. The highest BCUT2D eigenvalue weighted by atomic mass is 19.2. The van der Waals surface area contributed by atoms with E-state index < -0.39 is 11.6 Å². The Morgan fingerprint density at radius 3 is 2.50 bits per heavy atom. The van der Waals surface area contributed by atoms with Gasteiger partial charge in [0.15, 0.2) is 18.2 Å². The van der Waals surface area contributed by atoms with Gasteiger partial charge in [0.05, 0.1) is 11.4 Å². The Kier molecular flexibility index (Phi) is 5.84. The summed E-state index contributed by atoms with van der Waals surface area (Å²) in [6, 6.07) is 13.2. The predicted octanol–water partition coefficient (Wildman–Crippen LogP) is 3.03. The number of benzene rings is 2. The molecule has 0 radical (unpaired) electrons. The lowest BCUT2D eigenvalue weighted by Crippen LogP contribution is -2.86. The molecule has 0 aliphatic rings. The first-order chi connectivity index (χ1) is 13.3. The number of carbonyl (C=O) groups excluding carboxylic acids is 1. The van der Waals surface area contributed by atoms with Gasteiger partial charge < -0.3 is 10.6 Å². The number of aromatic nitrogens is 2. The molecule has 0 spiro atoms. The summed E-state index contributed by atoms with van der Waals surface area (Å²) in [5.41, 5.74) is 3.40. The lowest BCUT2D eigenvalue weighted by atomic mass is 10.1. The van der Waals surface area contributed by atoms with Crippen molar-refractivity contribution in [1.82, 2.24) is 9.78 Å². The molecule has 0 fully saturated rings. The summed E-state index contributed by atoms with van der Waals surface area (Å²) in [5, 5.41) is 9.07. The molecule has 0 saturated carbocycles. The number of hydrogen-bond donors (Lipinski definition) is 2. The molecule has 28 heavy (non-hydrogen) atoms. The van der Waals surface area contributed by atoms with Crippen molar-refractivity contribution >= 4 is 11.7 Å². The number of rotatable bonds is 6. The van der Waals surface area contributed by atoms with E-state index in [2.05, 4.69) is 10.4 Å². The van der Waals surface area contributed by atoms with Crippen LogP contribution in [0.2, 0.25) is 0 Å². The van der Waals surface area contributed by atoms with E-state index in [9.17, 15) is 13.6 Å². The molecule has 3 aromatic rings. The van der Waals surface area contributed by atoms with Gasteiger partial charge in [-0.15, -0.1) is 0 Å². The molecule has 1 aromatic heterocycles. The maximum absolute atomic E-state index is 13.4. The zero-order valence-electron chi connectivity index (χ0n) is 16.0. The SMILES string of the molecule is Cc1ccc(-n2nc(C)cc2NC(=O)C[NH2+][C@@H](C)c2ccc(F)c(F)c2)cc1. The number of nitrogens with zero attached hydrogens (tertiary/aromatic N) is 2. The van der Waals surface area contributed by atoms with Crippen LogP contribution in [0, 0.1) is 25.5 Å². The Morgan fingerprint density at radius 1 is 1.11 bits per heavy atom. The Morgan fingerprint density at radius 2 is 1.82 bits per heavy atom. The lowest BCUT2D eigenvalue weighted by molar-refractivity contribution is -0.682. The molecule has 2 aromatic carbocycles. The quantitative estimate of drug-likeness (QED) is 0.685. The molecule has 1 amide bonds. The highest BCUT2D eigenvalue weighted by Gasteiger charge is 2.16. The Labute approximate surface area is 162 Å². The van der Waals surface area contributed by atoms with Crippen LogP contribution in [0.1, 0.15) is 29.8 Å². The third-order valence-electron chi connectivity index (χ3n) is 4.50. The van der Waals surface area contributed by atoms with Gasteiger partial charge in [0.2, 0.25) is 0 Å². The minimum atomic E-state index is -0.889. The molecule has 3 N–H and O–H groups in total. The molecular weight excluding hydrogens is 362 g/mol. The van der Waals surface area contributed by atoms with Gasteiger partial charge in [-0.1, -0.05) is 17.7 Å². The van der Waals surface area contributed by atoms with Crippen molar-refractivity contribution in [1.29, 1.82) is 0 Å². The standard InChI is InChI=1S/C21H22F2N4O/c1-13-4-7-17(8-5-13)27-20(10-14(2)26-27)25-21(28)12-24-15(3)16-6-9-18(22)19(23)11-16/h4-11,15,24H,12H2,1-3H3,(H,25,28)/p+1/t15-/m0/s1. The number of nitrogens with two attached hydrogens (primary N) is 1. The first kappa shape index (κ1) is 19.7. The molecule has 146 valence electrons. The summed E-state index contributed by atoms with van der Waals surface area (Å²) in [5.74, 6) is -1.39. The number of carbonyl (C=O) groups is 1. The maximum atomic E-state index is 13.4. The summed E-state index contributed by atoms with van der Waals surface area (Å²) in [6.07, 6.45) is 0. The summed E-state index contributed by atoms with van der Waals surface area (Å²) >= 11 is 0. The van der Waals surface area contributed by atoms with Gasteiger partial charge in [0, 0.05) is 11.6 Å². The highest BCUT2D eigenvalue weighted by molar-refractivity contribution is 5.90. The van der Waals surface area contributed by atoms with Crippen molar-refractivity contribution < 1.29 is 18.9 Å². The van der Waals surface area contributed by atoms with Crippen LogP contribution in [-0.2, 0) is 4.79 Å². The van der Waals surface area contributed by atoms with Gasteiger partial charge in [0.25, 0.3) is 5.91 Å². The number of halogens is 2. The van der Waals surface area contributed by atoms with E-state index in [0.29, 0.717) is 11.4 Å². The van der Waals surface area contributed by atoms with Crippen molar-refractivity contribution in [3.05, 3.63) is 77.0 Å². The Hall–Kier alpha value is -3.06. The van der Waals surface area contributed by atoms with E-state index >= 15 is 0 Å². The Balaban J connectivity index is 1.65. The van der Waals surface area contributed by atoms with Crippen LogP contribution < -0.4 is 10.6 Å². The molecule has 0 unspecified atom stereocenters. The monoisotopic (exact) mass is 385 g/mol. The van der Waals surface area contributed by atoms with Crippen LogP contribution in [0.15, 0.2) is 48.5 Å². The Bertz CT molecular complexity index is 983. The number of amides is 1. The van der Waals surface area contributed by atoms with Crippen molar-refractivity contribution in [3.63, 3.8) is 0 Å². The molecular formula is C21H23F2N4O+. The second-order valence-electron chi connectivity index (χ2n) is 6.87.